The number of rotatable bonds is 4. The molecule has 2 N–H and O–H groups in total. The number of nitrogens with one attached hydrogen (secondary N) is 1. The Morgan fingerprint density at radius 3 is 3.00 bits per heavy atom. The monoisotopic (exact) mass is 267 g/mol. The smallest absolute Gasteiger partial charge is 0.264 e. The molecule has 0 spiro atoms. The van der Waals surface area contributed by atoms with Crippen LogP contribution in [0.5, 0.6) is 0 Å². The van der Waals surface area contributed by atoms with Crippen LogP contribution >= 0.6 is 11.3 Å². The predicted molar refractivity (Wildman–Crippen MR) is 65.7 cm³/mol. The molecular formula is C10H13N5O2S. The number of aromatic nitrogens is 4. The van der Waals surface area contributed by atoms with Crippen LogP contribution in [-0.4, -0.2) is 43.4 Å². The quantitative estimate of drug-likeness (QED) is 0.827. The fourth-order valence-corrected chi connectivity index (χ4v) is 2.10. The Morgan fingerprint density at radius 2 is 2.39 bits per heavy atom. The lowest BCUT2D eigenvalue weighted by molar-refractivity contribution is 0.0873. The van der Waals surface area contributed by atoms with Gasteiger partial charge in [-0.1, -0.05) is 0 Å². The second-order valence-electron chi connectivity index (χ2n) is 4.39. The molecule has 2 aromatic heterocycles. The highest BCUT2D eigenvalue weighted by molar-refractivity contribution is 7.12. The maximum absolute atomic E-state index is 12.1. The number of amides is 1. The van der Waals surface area contributed by atoms with E-state index in [1.54, 1.807) is 25.3 Å². The molecule has 7 nitrogen and oxygen atoms in total. The summed E-state index contributed by atoms with van der Waals surface area (Å²) >= 11 is 1.30. The lowest BCUT2D eigenvalue weighted by Gasteiger charge is -2.23. The van der Waals surface area contributed by atoms with Crippen molar-refractivity contribution in [2.75, 3.05) is 6.61 Å². The normalized spacial score (nSPS) is 11.5. The maximum atomic E-state index is 12.1. The number of tetrazole rings is 1. The Kier molecular flexibility index (Phi) is 3.39. The Morgan fingerprint density at radius 1 is 1.61 bits per heavy atom. The Hall–Kier alpha value is -1.80. The van der Waals surface area contributed by atoms with E-state index in [-0.39, 0.29) is 12.5 Å². The van der Waals surface area contributed by atoms with E-state index in [1.807, 2.05) is 0 Å². The van der Waals surface area contributed by atoms with Gasteiger partial charge >= 0.3 is 0 Å². The van der Waals surface area contributed by atoms with Gasteiger partial charge in [-0.3, -0.25) is 4.79 Å². The molecule has 0 unspecified atom stereocenters. The number of carbonyl (C=O) groups excluding carboxylic acids is 1. The molecule has 2 aromatic rings. The van der Waals surface area contributed by atoms with Gasteiger partial charge < -0.3 is 10.4 Å². The van der Waals surface area contributed by atoms with Crippen LogP contribution in [0.1, 0.15) is 23.5 Å². The number of aliphatic hydroxyl groups excluding tert-OH is 1. The lowest BCUT2D eigenvalue weighted by Crippen LogP contribution is -2.46. The molecule has 0 atom stereocenters. The second kappa shape index (κ2) is 4.83. The van der Waals surface area contributed by atoms with Crippen molar-refractivity contribution in [2.45, 2.75) is 19.4 Å². The predicted octanol–water partition coefficient (Wildman–Crippen LogP) is 0.225. The van der Waals surface area contributed by atoms with E-state index in [0.717, 1.165) is 0 Å². The standard InChI is InChI=1S/C10H13N5O2S/c1-10(2,5-16)12-9(17)8-7(3-4-18-8)15-6-11-13-14-15/h3-4,6,16H,5H2,1-2H3,(H,12,17). The van der Waals surface area contributed by atoms with Crippen LogP contribution in [0.4, 0.5) is 0 Å². The third kappa shape index (κ3) is 2.54. The average Bonchev–Trinajstić information content (AvgIpc) is 2.98. The zero-order valence-corrected chi connectivity index (χ0v) is 10.8. The molecule has 0 aromatic carbocycles. The SMILES string of the molecule is CC(C)(CO)NC(=O)c1sccc1-n1cnnn1. The minimum absolute atomic E-state index is 0.135. The number of carbonyl (C=O) groups is 1. The van der Waals surface area contributed by atoms with Crippen LogP contribution in [0, 0.1) is 0 Å². The molecule has 0 aliphatic rings. The summed E-state index contributed by atoms with van der Waals surface area (Å²) in [5.41, 5.74) is -0.0462. The summed E-state index contributed by atoms with van der Waals surface area (Å²) < 4.78 is 1.43. The Bertz CT molecular complexity index is 534. The lowest BCUT2D eigenvalue weighted by atomic mass is 10.1. The first-order valence-electron chi connectivity index (χ1n) is 5.28. The number of thiophene rings is 1. The van der Waals surface area contributed by atoms with Gasteiger partial charge in [0, 0.05) is 0 Å². The number of hydrogen-bond donors (Lipinski definition) is 2. The topological polar surface area (TPSA) is 92.9 Å². The number of nitrogens with zero attached hydrogens (tertiary/aromatic N) is 4. The summed E-state index contributed by atoms with van der Waals surface area (Å²) in [7, 11) is 0. The molecule has 0 saturated carbocycles. The van der Waals surface area contributed by atoms with Gasteiger partial charge in [-0.15, -0.1) is 16.4 Å². The molecule has 96 valence electrons. The summed E-state index contributed by atoms with van der Waals surface area (Å²) in [5.74, 6) is -0.255. The maximum Gasteiger partial charge on any atom is 0.264 e. The van der Waals surface area contributed by atoms with Crippen LogP contribution in [-0.2, 0) is 0 Å². The zero-order chi connectivity index (χ0) is 13.2. The highest BCUT2D eigenvalue weighted by Gasteiger charge is 2.23. The highest BCUT2D eigenvalue weighted by atomic mass is 32.1. The van der Waals surface area contributed by atoms with Gasteiger partial charge in [0.1, 0.15) is 11.2 Å². The fourth-order valence-electron chi connectivity index (χ4n) is 1.33. The van der Waals surface area contributed by atoms with Crippen molar-refractivity contribution in [3.8, 4) is 5.69 Å². The molecule has 1 amide bonds. The molecule has 0 fully saturated rings. The fraction of sp³-hybridized carbons (Fsp3) is 0.400. The van der Waals surface area contributed by atoms with Gasteiger partial charge in [-0.2, -0.15) is 4.68 Å². The molecule has 0 saturated heterocycles. The zero-order valence-electron chi connectivity index (χ0n) is 9.99. The van der Waals surface area contributed by atoms with E-state index in [4.69, 9.17) is 5.11 Å². The summed E-state index contributed by atoms with van der Waals surface area (Å²) in [5, 5.41) is 24.5. The molecule has 18 heavy (non-hydrogen) atoms. The molecule has 2 heterocycles. The molecule has 0 radical (unpaired) electrons. The first kappa shape index (κ1) is 12.7. The van der Waals surface area contributed by atoms with E-state index >= 15 is 0 Å². The molecule has 0 aliphatic heterocycles. The van der Waals surface area contributed by atoms with Gasteiger partial charge in [0.15, 0.2) is 0 Å². The molecule has 0 bridgehead atoms. The van der Waals surface area contributed by atoms with Gasteiger partial charge in [-0.05, 0) is 35.7 Å². The number of aliphatic hydroxyl groups is 1. The van der Waals surface area contributed by atoms with Crippen LogP contribution in [0.2, 0.25) is 0 Å². The van der Waals surface area contributed by atoms with Gasteiger partial charge in [0.2, 0.25) is 0 Å². The van der Waals surface area contributed by atoms with Crippen LogP contribution in [0.3, 0.4) is 0 Å². The first-order valence-corrected chi connectivity index (χ1v) is 6.16. The third-order valence-corrected chi connectivity index (χ3v) is 3.20. The van der Waals surface area contributed by atoms with Crippen molar-refractivity contribution >= 4 is 17.2 Å². The van der Waals surface area contributed by atoms with Crippen molar-refractivity contribution in [3.63, 3.8) is 0 Å². The summed E-state index contributed by atoms with van der Waals surface area (Å²) in [6.45, 7) is 3.36. The van der Waals surface area contributed by atoms with Crippen LogP contribution in [0.15, 0.2) is 17.8 Å². The molecule has 2 rings (SSSR count). The minimum Gasteiger partial charge on any atom is -0.394 e. The van der Waals surface area contributed by atoms with E-state index in [1.165, 1.54) is 22.3 Å². The van der Waals surface area contributed by atoms with Crippen molar-refractivity contribution in [1.29, 1.82) is 0 Å². The average molecular weight is 267 g/mol. The first-order chi connectivity index (χ1) is 8.53. The van der Waals surface area contributed by atoms with E-state index in [2.05, 4.69) is 20.8 Å². The van der Waals surface area contributed by atoms with E-state index in [9.17, 15) is 4.79 Å². The van der Waals surface area contributed by atoms with Gasteiger partial charge in [-0.25, -0.2) is 0 Å². The minimum atomic E-state index is -0.668. The summed E-state index contributed by atoms with van der Waals surface area (Å²) in [4.78, 5) is 12.6. The largest absolute Gasteiger partial charge is 0.394 e. The molecule has 8 heteroatoms. The Balaban J connectivity index is 2.25. The van der Waals surface area contributed by atoms with E-state index in [0.29, 0.717) is 10.6 Å². The van der Waals surface area contributed by atoms with Crippen molar-refractivity contribution < 1.29 is 9.90 Å². The van der Waals surface area contributed by atoms with Crippen molar-refractivity contribution in [1.82, 2.24) is 25.5 Å². The third-order valence-electron chi connectivity index (χ3n) is 2.29. The molecular weight excluding hydrogens is 254 g/mol. The van der Waals surface area contributed by atoms with Crippen molar-refractivity contribution in [2.24, 2.45) is 0 Å². The second-order valence-corrected chi connectivity index (χ2v) is 5.30. The molecule has 0 aliphatic carbocycles. The van der Waals surface area contributed by atoms with Crippen LogP contribution in [0.25, 0.3) is 5.69 Å². The summed E-state index contributed by atoms with van der Waals surface area (Å²) in [6, 6.07) is 1.77. The van der Waals surface area contributed by atoms with Crippen molar-refractivity contribution in [3.05, 3.63) is 22.7 Å². The number of hydrogen-bond acceptors (Lipinski definition) is 6. The van der Waals surface area contributed by atoms with Crippen LogP contribution < -0.4 is 5.32 Å². The highest BCUT2D eigenvalue weighted by Crippen LogP contribution is 2.20. The van der Waals surface area contributed by atoms with Gasteiger partial charge in [0.05, 0.1) is 17.8 Å². The summed E-state index contributed by atoms with van der Waals surface area (Å²) in [6.07, 6.45) is 1.43. The Labute approximate surface area is 107 Å². The van der Waals surface area contributed by atoms with Gasteiger partial charge in [0.25, 0.3) is 5.91 Å². The van der Waals surface area contributed by atoms with E-state index < -0.39 is 5.54 Å².